The molecule has 0 saturated carbocycles. The summed E-state index contributed by atoms with van der Waals surface area (Å²) in [6.45, 7) is 0. The van der Waals surface area contributed by atoms with Crippen molar-refractivity contribution >= 4 is 0 Å². The monoisotopic (exact) mass is 328 g/mol. The maximum absolute atomic E-state index is 14.0. The third kappa shape index (κ3) is 2.66. The molecule has 0 saturated heterocycles. The van der Waals surface area contributed by atoms with E-state index in [1.54, 1.807) is 6.07 Å². The fourth-order valence-electron chi connectivity index (χ4n) is 3.23. The van der Waals surface area contributed by atoms with Gasteiger partial charge in [0, 0.05) is 12.3 Å². The summed E-state index contributed by atoms with van der Waals surface area (Å²) >= 11 is 0. The molecular formula is C17H14F2N4O. The zero-order valence-corrected chi connectivity index (χ0v) is 12.7. The van der Waals surface area contributed by atoms with Crippen molar-refractivity contribution in [1.82, 2.24) is 20.3 Å². The van der Waals surface area contributed by atoms with Gasteiger partial charge in [0.2, 0.25) is 6.39 Å². The van der Waals surface area contributed by atoms with E-state index in [1.807, 2.05) is 0 Å². The summed E-state index contributed by atoms with van der Waals surface area (Å²) in [6, 6.07) is 5.52. The van der Waals surface area contributed by atoms with Gasteiger partial charge in [-0.2, -0.15) is 15.2 Å². The fraction of sp³-hybridized carbons (Fsp3) is 0.294. The molecule has 0 fully saturated rings. The average Bonchev–Trinajstić information content (AvgIpc) is 3.08. The van der Waals surface area contributed by atoms with Crippen molar-refractivity contribution in [2.24, 2.45) is 0 Å². The molecule has 1 aliphatic carbocycles. The van der Waals surface area contributed by atoms with E-state index >= 15 is 0 Å². The van der Waals surface area contributed by atoms with Crippen molar-refractivity contribution < 1.29 is 13.3 Å². The predicted octanol–water partition coefficient (Wildman–Crippen LogP) is 3.47. The summed E-state index contributed by atoms with van der Waals surface area (Å²) in [6.07, 6.45) is 4.65. The number of benzene rings is 1. The number of halogens is 2. The number of fused-ring (bicyclic) bond motifs is 1. The molecule has 5 nitrogen and oxygen atoms in total. The van der Waals surface area contributed by atoms with E-state index in [1.165, 1.54) is 24.6 Å². The Balaban J connectivity index is 1.70. The van der Waals surface area contributed by atoms with Crippen molar-refractivity contribution in [3.63, 3.8) is 0 Å². The first-order valence-corrected chi connectivity index (χ1v) is 7.78. The summed E-state index contributed by atoms with van der Waals surface area (Å²) < 4.78 is 32.7. The SMILES string of the molecule is Fc1cccc(F)c1-c1cc2c(nn1)C(Cc1ncon1)CCC2. The lowest BCUT2D eigenvalue weighted by Crippen LogP contribution is -2.16. The smallest absolute Gasteiger partial charge is 0.213 e. The molecular weight excluding hydrogens is 314 g/mol. The molecule has 122 valence electrons. The van der Waals surface area contributed by atoms with Gasteiger partial charge in [-0.05, 0) is 43.0 Å². The minimum atomic E-state index is -0.636. The molecule has 1 unspecified atom stereocenters. The molecule has 0 N–H and O–H groups in total. The van der Waals surface area contributed by atoms with Gasteiger partial charge in [-0.15, -0.1) is 0 Å². The van der Waals surface area contributed by atoms with Crippen molar-refractivity contribution in [2.45, 2.75) is 31.6 Å². The molecule has 1 aliphatic rings. The first-order chi connectivity index (χ1) is 11.7. The van der Waals surface area contributed by atoms with Crippen molar-refractivity contribution in [2.75, 3.05) is 0 Å². The Morgan fingerprint density at radius 1 is 1.17 bits per heavy atom. The maximum Gasteiger partial charge on any atom is 0.213 e. The van der Waals surface area contributed by atoms with E-state index in [0.29, 0.717) is 12.2 Å². The molecule has 0 spiro atoms. The Hall–Kier alpha value is -2.70. The van der Waals surface area contributed by atoms with Gasteiger partial charge in [0.1, 0.15) is 11.6 Å². The van der Waals surface area contributed by atoms with Crippen LogP contribution in [-0.4, -0.2) is 20.3 Å². The Morgan fingerprint density at radius 2 is 2.00 bits per heavy atom. The lowest BCUT2D eigenvalue weighted by Gasteiger charge is -2.23. The molecule has 0 bridgehead atoms. The minimum absolute atomic E-state index is 0.131. The van der Waals surface area contributed by atoms with Gasteiger partial charge in [-0.25, -0.2) is 8.78 Å². The van der Waals surface area contributed by atoms with Crippen molar-refractivity contribution in [3.8, 4) is 11.3 Å². The molecule has 2 aromatic heterocycles. The van der Waals surface area contributed by atoms with Crippen LogP contribution < -0.4 is 0 Å². The average molecular weight is 328 g/mol. The molecule has 1 atom stereocenters. The van der Waals surface area contributed by atoms with E-state index in [0.717, 1.165) is 30.5 Å². The second kappa shape index (κ2) is 6.07. The van der Waals surface area contributed by atoms with Gasteiger partial charge in [0.25, 0.3) is 0 Å². The predicted molar refractivity (Wildman–Crippen MR) is 81.1 cm³/mol. The van der Waals surface area contributed by atoms with Crippen LogP contribution in [-0.2, 0) is 12.8 Å². The standard InChI is InChI=1S/C17H14F2N4O/c18-12-5-2-6-13(19)16(12)14-7-10-3-1-4-11(17(10)22-21-14)8-15-20-9-24-23-15/h2,5-7,9,11H,1,3-4,8H2. The second-order valence-electron chi connectivity index (χ2n) is 5.88. The molecule has 0 aliphatic heterocycles. The van der Waals surface area contributed by atoms with E-state index in [2.05, 4.69) is 20.3 Å². The van der Waals surface area contributed by atoms with Crippen LogP contribution >= 0.6 is 0 Å². The van der Waals surface area contributed by atoms with E-state index in [-0.39, 0.29) is 17.2 Å². The topological polar surface area (TPSA) is 64.7 Å². The van der Waals surface area contributed by atoms with Crippen molar-refractivity contribution in [1.29, 1.82) is 0 Å². The summed E-state index contributed by atoms with van der Waals surface area (Å²) in [4.78, 5) is 4.05. The van der Waals surface area contributed by atoms with Gasteiger partial charge in [0.05, 0.1) is 17.0 Å². The first kappa shape index (κ1) is 14.9. The molecule has 0 radical (unpaired) electrons. The highest BCUT2D eigenvalue weighted by Gasteiger charge is 2.25. The number of aromatic nitrogens is 4. The van der Waals surface area contributed by atoms with Crippen LogP contribution in [0, 0.1) is 11.6 Å². The van der Waals surface area contributed by atoms with Gasteiger partial charge in [-0.3, -0.25) is 0 Å². The third-order valence-corrected chi connectivity index (χ3v) is 4.35. The quantitative estimate of drug-likeness (QED) is 0.736. The van der Waals surface area contributed by atoms with Gasteiger partial charge in [-0.1, -0.05) is 11.2 Å². The minimum Gasteiger partial charge on any atom is -0.343 e. The van der Waals surface area contributed by atoms with Crippen LogP contribution in [0.2, 0.25) is 0 Å². The number of nitrogens with zero attached hydrogens (tertiary/aromatic N) is 4. The number of hydrogen-bond acceptors (Lipinski definition) is 5. The fourth-order valence-corrected chi connectivity index (χ4v) is 3.23. The summed E-state index contributed by atoms with van der Waals surface area (Å²) in [5, 5.41) is 12.2. The summed E-state index contributed by atoms with van der Waals surface area (Å²) in [7, 11) is 0. The Morgan fingerprint density at radius 3 is 2.75 bits per heavy atom. The van der Waals surface area contributed by atoms with E-state index < -0.39 is 11.6 Å². The van der Waals surface area contributed by atoms with Crippen LogP contribution in [0.4, 0.5) is 8.78 Å². The summed E-state index contributed by atoms with van der Waals surface area (Å²) in [5.74, 6) is -0.510. The zero-order chi connectivity index (χ0) is 16.5. The van der Waals surface area contributed by atoms with Crippen LogP contribution in [0.5, 0.6) is 0 Å². The molecule has 2 heterocycles. The van der Waals surface area contributed by atoms with Gasteiger partial charge < -0.3 is 4.52 Å². The molecule has 3 aromatic rings. The lowest BCUT2D eigenvalue weighted by molar-refractivity contribution is 0.404. The molecule has 7 heteroatoms. The van der Waals surface area contributed by atoms with E-state index in [4.69, 9.17) is 4.52 Å². The van der Waals surface area contributed by atoms with Gasteiger partial charge >= 0.3 is 0 Å². The molecule has 24 heavy (non-hydrogen) atoms. The maximum atomic E-state index is 14.0. The molecule has 1 aromatic carbocycles. The lowest BCUT2D eigenvalue weighted by atomic mass is 9.84. The van der Waals surface area contributed by atoms with Gasteiger partial charge in [0.15, 0.2) is 5.82 Å². The number of hydrogen-bond donors (Lipinski definition) is 0. The van der Waals surface area contributed by atoms with Crippen molar-refractivity contribution in [3.05, 3.63) is 59.4 Å². The van der Waals surface area contributed by atoms with E-state index in [9.17, 15) is 8.78 Å². The zero-order valence-electron chi connectivity index (χ0n) is 12.7. The third-order valence-electron chi connectivity index (χ3n) is 4.35. The highest BCUT2D eigenvalue weighted by atomic mass is 19.1. The highest BCUT2D eigenvalue weighted by molar-refractivity contribution is 5.61. The first-order valence-electron chi connectivity index (χ1n) is 7.78. The Kier molecular flexibility index (Phi) is 3.76. The van der Waals surface area contributed by atoms with Crippen LogP contribution in [0.1, 0.15) is 35.8 Å². The Labute approximate surface area is 136 Å². The molecule has 0 amide bonds. The highest BCUT2D eigenvalue weighted by Crippen LogP contribution is 2.34. The van der Waals surface area contributed by atoms with Crippen LogP contribution in [0.3, 0.4) is 0 Å². The van der Waals surface area contributed by atoms with Crippen LogP contribution in [0.25, 0.3) is 11.3 Å². The molecule has 4 rings (SSSR count). The summed E-state index contributed by atoms with van der Waals surface area (Å²) in [5.41, 5.74) is 1.92. The van der Waals surface area contributed by atoms with Crippen LogP contribution in [0.15, 0.2) is 35.2 Å². The largest absolute Gasteiger partial charge is 0.343 e. The second-order valence-corrected chi connectivity index (χ2v) is 5.88. The normalized spacial score (nSPS) is 16.8. The number of aryl methyl sites for hydroxylation is 1. The number of rotatable bonds is 3. The Bertz CT molecular complexity index is 847.